The Labute approximate surface area is 164 Å². The molecule has 136 valence electrons. The van der Waals surface area contributed by atoms with Crippen molar-refractivity contribution in [1.29, 1.82) is 5.26 Å². The van der Waals surface area contributed by atoms with Gasteiger partial charge in [-0.25, -0.2) is 0 Å². The van der Waals surface area contributed by atoms with Crippen LogP contribution in [0.25, 0.3) is 6.08 Å². The molecule has 6 nitrogen and oxygen atoms in total. The van der Waals surface area contributed by atoms with Crippen LogP contribution in [0.5, 0.6) is 5.75 Å². The highest BCUT2D eigenvalue weighted by Gasteiger charge is 2.11. The minimum atomic E-state index is -0.503. The molecule has 1 aromatic carbocycles. The summed E-state index contributed by atoms with van der Waals surface area (Å²) in [5.41, 5.74) is -0.0609. The van der Waals surface area contributed by atoms with Gasteiger partial charge in [-0.15, -0.1) is 0 Å². The van der Waals surface area contributed by atoms with Crippen molar-refractivity contribution in [3.63, 3.8) is 0 Å². The monoisotopic (exact) mass is 426 g/mol. The Morgan fingerprint density at radius 1 is 1.19 bits per heavy atom. The number of furan rings is 2. The van der Waals surface area contributed by atoms with Gasteiger partial charge in [-0.1, -0.05) is 12.1 Å². The number of ether oxygens (including phenoxy) is 1. The van der Waals surface area contributed by atoms with Crippen LogP contribution >= 0.6 is 15.9 Å². The molecule has 0 radical (unpaired) electrons. The van der Waals surface area contributed by atoms with Crippen LogP contribution in [-0.2, 0) is 17.9 Å². The maximum atomic E-state index is 12.1. The second kappa shape index (κ2) is 8.92. The van der Waals surface area contributed by atoms with E-state index < -0.39 is 5.91 Å². The summed E-state index contributed by atoms with van der Waals surface area (Å²) in [6.45, 7) is 0.428. The summed E-state index contributed by atoms with van der Waals surface area (Å²) >= 11 is 3.41. The van der Waals surface area contributed by atoms with Gasteiger partial charge in [0.15, 0.2) is 0 Å². The maximum absolute atomic E-state index is 12.1. The van der Waals surface area contributed by atoms with Gasteiger partial charge in [0.25, 0.3) is 5.91 Å². The van der Waals surface area contributed by atoms with Gasteiger partial charge in [0.1, 0.15) is 41.3 Å². The van der Waals surface area contributed by atoms with Crippen LogP contribution in [0.3, 0.4) is 0 Å². The molecule has 1 N–H and O–H groups in total. The molecule has 0 atom stereocenters. The molecule has 1 amide bonds. The van der Waals surface area contributed by atoms with Gasteiger partial charge < -0.3 is 18.9 Å². The zero-order valence-corrected chi connectivity index (χ0v) is 15.7. The third kappa shape index (κ3) is 5.12. The van der Waals surface area contributed by atoms with Crippen molar-refractivity contribution in [2.45, 2.75) is 13.2 Å². The standard InChI is InChI=1S/C20H15BrN2O4/c21-18-5-1-2-6-19(18)26-13-17-8-7-15(27-17)10-14(11-22)20(24)23-12-16-4-3-9-25-16/h1-10H,12-13H2,(H,23,24)/b14-10-. The summed E-state index contributed by atoms with van der Waals surface area (Å²) < 4.78 is 17.3. The highest BCUT2D eigenvalue weighted by Crippen LogP contribution is 2.25. The molecule has 0 aliphatic heterocycles. The lowest BCUT2D eigenvalue weighted by molar-refractivity contribution is -0.117. The van der Waals surface area contributed by atoms with Gasteiger partial charge in [0, 0.05) is 6.08 Å². The Bertz CT molecular complexity index is 984. The zero-order chi connectivity index (χ0) is 19.1. The highest BCUT2D eigenvalue weighted by atomic mass is 79.9. The van der Waals surface area contributed by atoms with Gasteiger partial charge in [-0.2, -0.15) is 5.26 Å². The third-order valence-corrected chi connectivity index (χ3v) is 4.20. The van der Waals surface area contributed by atoms with Crippen molar-refractivity contribution in [3.05, 3.63) is 82.1 Å². The molecule has 27 heavy (non-hydrogen) atoms. The number of para-hydroxylation sites is 1. The van der Waals surface area contributed by atoms with Crippen molar-refractivity contribution >= 4 is 27.9 Å². The molecule has 0 bridgehead atoms. The average molecular weight is 427 g/mol. The lowest BCUT2D eigenvalue weighted by Gasteiger charge is -2.05. The molecule has 3 aromatic rings. The van der Waals surface area contributed by atoms with Crippen LogP contribution in [0, 0.1) is 11.3 Å². The second-order valence-corrected chi connectivity index (χ2v) is 6.31. The van der Waals surface area contributed by atoms with Gasteiger partial charge in [0.2, 0.25) is 0 Å². The van der Waals surface area contributed by atoms with Crippen LogP contribution in [0.2, 0.25) is 0 Å². The quantitative estimate of drug-likeness (QED) is 0.445. The number of halogens is 1. The van der Waals surface area contributed by atoms with Crippen molar-refractivity contribution in [1.82, 2.24) is 5.32 Å². The van der Waals surface area contributed by atoms with Crippen LogP contribution in [0.4, 0.5) is 0 Å². The molecule has 0 fully saturated rings. The lowest BCUT2D eigenvalue weighted by atomic mass is 10.2. The Kier molecular flexibility index (Phi) is 6.13. The molecular formula is C20H15BrN2O4. The number of hydrogen-bond donors (Lipinski definition) is 1. The zero-order valence-electron chi connectivity index (χ0n) is 14.1. The summed E-state index contributed by atoms with van der Waals surface area (Å²) in [7, 11) is 0. The number of carbonyl (C=O) groups excluding carboxylic acids is 1. The lowest BCUT2D eigenvalue weighted by Crippen LogP contribution is -2.23. The first-order valence-corrected chi connectivity index (χ1v) is 8.83. The molecule has 0 aliphatic rings. The molecule has 0 unspecified atom stereocenters. The van der Waals surface area contributed by atoms with Gasteiger partial charge in [0.05, 0.1) is 17.3 Å². The minimum absolute atomic E-state index is 0.0609. The molecular weight excluding hydrogens is 412 g/mol. The topological polar surface area (TPSA) is 88.4 Å². The van der Waals surface area contributed by atoms with Gasteiger partial charge in [-0.3, -0.25) is 4.79 Å². The maximum Gasteiger partial charge on any atom is 0.262 e. The predicted molar refractivity (Wildman–Crippen MR) is 101 cm³/mol. The number of carbonyl (C=O) groups is 1. The van der Waals surface area contributed by atoms with E-state index in [2.05, 4.69) is 21.2 Å². The average Bonchev–Trinajstić information content (AvgIpc) is 3.35. The third-order valence-electron chi connectivity index (χ3n) is 3.54. The second-order valence-electron chi connectivity index (χ2n) is 5.46. The largest absolute Gasteiger partial charge is 0.484 e. The molecule has 0 spiro atoms. The number of nitrogens with zero attached hydrogens (tertiary/aromatic N) is 1. The number of nitriles is 1. The Hall–Kier alpha value is -3.24. The van der Waals surface area contributed by atoms with Crippen molar-refractivity contribution < 1.29 is 18.4 Å². The summed E-state index contributed by atoms with van der Waals surface area (Å²) in [6.07, 6.45) is 2.91. The van der Waals surface area contributed by atoms with E-state index in [4.69, 9.17) is 13.6 Å². The summed E-state index contributed by atoms with van der Waals surface area (Å²) in [6, 6.07) is 16.2. The van der Waals surface area contributed by atoms with Crippen molar-refractivity contribution in [2.24, 2.45) is 0 Å². The highest BCUT2D eigenvalue weighted by molar-refractivity contribution is 9.10. The summed E-state index contributed by atoms with van der Waals surface area (Å²) in [5, 5.41) is 11.9. The number of amides is 1. The smallest absolute Gasteiger partial charge is 0.262 e. The Balaban J connectivity index is 1.61. The number of hydrogen-bond acceptors (Lipinski definition) is 5. The molecule has 0 aliphatic carbocycles. The van der Waals surface area contributed by atoms with E-state index >= 15 is 0 Å². The normalized spacial score (nSPS) is 11.0. The van der Waals surface area contributed by atoms with Crippen LogP contribution in [0.1, 0.15) is 17.3 Å². The molecule has 7 heteroatoms. The SMILES string of the molecule is N#C/C(=C/c1ccc(COc2ccccc2Br)o1)C(=O)NCc1ccco1. The molecule has 3 rings (SSSR count). The van der Waals surface area contributed by atoms with E-state index in [0.29, 0.717) is 23.0 Å². The van der Waals surface area contributed by atoms with Crippen LogP contribution in [-0.4, -0.2) is 5.91 Å². The fraction of sp³-hybridized carbons (Fsp3) is 0.100. The first-order valence-electron chi connectivity index (χ1n) is 8.04. The molecule has 0 saturated carbocycles. The van der Waals surface area contributed by atoms with E-state index in [0.717, 1.165) is 4.47 Å². The predicted octanol–water partition coefficient (Wildman–Crippen LogP) is 4.44. The van der Waals surface area contributed by atoms with E-state index in [9.17, 15) is 10.1 Å². The van der Waals surface area contributed by atoms with Crippen molar-refractivity contribution in [3.8, 4) is 11.8 Å². The summed E-state index contributed by atoms with van der Waals surface area (Å²) in [4.78, 5) is 12.1. The minimum Gasteiger partial charge on any atom is -0.484 e. The fourth-order valence-electron chi connectivity index (χ4n) is 2.23. The van der Waals surface area contributed by atoms with E-state index in [1.807, 2.05) is 30.3 Å². The molecule has 2 aromatic heterocycles. The van der Waals surface area contributed by atoms with E-state index in [1.165, 1.54) is 12.3 Å². The number of rotatable bonds is 7. The van der Waals surface area contributed by atoms with Gasteiger partial charge in [-0.05, 0) is 52.3 Å². The number of benzene rings is 1. The first kappa shape index (κ1) is 18.5. The first-order chi connectivity index (χ1) is 13.2. The van der Waals surface area contributed by atoms with Gasteiger partial charge >= 0.3 is 0 Å². The summed E-state index contributed by atoms with van der Waals surface area (Å²) in [5.74, 6) is 1.76. The number of nitrogens with one attached hydrogen (secondary N) is 1. The Morgan fingerprint density at radius 3 is 2.78 bits per heavy atom. The molecule has 0 saturated heterocycles. The fourth-order valence-corrected chi connectivity index (χ4v) is 2.63. The Morgan fingerprint density at radius 2 is 2.04 bits per heavy atom. The molecule has 2 heterocycles. The van der Waals surface area contributed by atoms with E-state index in [-0.39, 0.29) is 18.7 Å². The van der Waals surface area contributed by atoms with Crippen LogP contribution in [0.15, 0.2) is 73.7 Å². The van der Waals surface area contributed by atoms with Crippen molar-refractivity contribution in [2.75, 3.05) is 0 Å². The van der Waals surface area contributed by atoms with Crippen LogP contribution < -0.4 is 10.1 Å². The van der Waals surface area contributed by atoms with E-state index in [1.54, 1.807) is 24.3 Å².